The van der Waals surface area contributed by atoms with Crippen molar-refractivity contribution in [3.63, 3.8) is 0 Å². The van der Waals surface area contributed by atoms with Gasteiger partial charge in [-0.15, -0.1) is 12.4 Å². The summed E-state index contributed by atoms with van der Waals surface area (Å²) in [5.41, 5.74) is 6.26. The van der Waals surface area contributed by atoms with Gasteiger partial charge < -0.3 is 10.8 Å². The molecule has 0 aliphatic rings. The van der Waals surface area contributed by atoms with Crippen LogP contribution in [-0.4, -0.2) is 16.7 Å². The molecule has 1 aromatic heterocycles. The Labute approximate surface area is 111 Å². The maximum Gasteiger partial charge on any atom is 0.135 e. The molecule has 92 valence electrons. The molecule has 1 rings (SSSR count). The fourth-order valence-corrected chi connectivity index (χ4v) is 1.64. The highest BCUT2D eigenvalue weighted by atomic mass is 35.5. The lowest BCUT2D eigenvalue weighted by atomic mass is 9.82. The van der Waals surface area contributed by atoms with Crippen LogP contribution in [0.4, 0.5) is 0 Å². The topological polar surface area (TPSA) is 59.1 Å². The Morgan fingerprint density at radius 2 is 2.00 bits per heavy atom. The number of aromatic nitrogens is 1. The van der Waals surface area contributed by atoms with Crippen LogP contribution in [0.1, 0.15) is 25.5 Å². The second kappa shape index (κ2) is 6.03. The molecule has 0 fully saturated rings. The SMILES string of the molecule is CC(C)(CO)[C@H](N)c1ccc(Cl)nc1Cl.Cl. The summed E-state index contributed by atoms with van der Waals surface area (Å²) in [6.45, 7) is 3.71. The van der Waals surface area contributed by atoms with Crippen LogP contribution in [0.5, 0.6) is 0 Å². The van der Waals surface area contributed by atoms with E-state index in [1.807, 2.05) is 13.8 Å². The zero-order valence-electron chi connectivity index (χ0n) is 9.08. The van der Waals surface area contributed by atoms with Crippen LogP contribution >= 0.6 is 35.6 Å². The van der Waals surface area contributed by atoms with Crippen LogP contribution in [0.15, 0.2) is 12.1 Å². The molecule has 1 aromatic rings. The number of nitrogens with zero attached hydrogens (tertiary/aromatic N) is 1. The van der Waals surface area contributed by atoms with Gasteiger partial charge in [0.15, 0.2) is 0 Å². The molecular formula is C10H15Cl3N2O. The summed E-state index contributed by atoms with van der Waals surface area (Å²) >= 11 is 11.6. The van der Waals surface area contributed by atoms with Gasteiger partial charge in [0.2, 0.25) is 0 Å². The van der Waals surface area contributed by atoms with E-state index in [-0.39, 0.29) is 30.2 Å². The van der Waals surface area contributed by atoms with E-state index in [0.717, 1.165) is 0 Å². The maximum absolute atomic E-state index is 9.20. The third kappa shape index (κ3) is 3.47. The second-order valence-electron chi connectivity index (χ2n) is 4.14. The fourth-order valence-electron chi connectivity index (χ4n) is 1.17. The van der Waals surface area contributed by atoms with Gasteiger partial charge in [-0.1, -0.05) is 43.1 Å². The minimum atomic E-state index is -0.445. The third-order valence-corrected chi connectivity index (χ3v) is 2.94. The Kier molecular flexibility index (Phi) is 6.01. The molecule has 0 saturated heterocycles. The van der Waals surface area contributed by atoms with E-state index in [4.69, 9.17) is 28.9 Å². The molecule has 0 amide bonds. The molecule has 0 radical (unpaired) electrons. The number of halogens is 3. The van der Waals surface area contributed by atoms with Crippen molar-refractivity contribution < 1.29 is 5.11 Å². The molecule has 0 aliphatic carbocycles. The molecule has 0 unspecified atom stereocenters. The molecule has 6 heteroatoms. The Hall–Kier alpha value is -0.0600. The monoisotopic (exact) mass is 284 g/mol. The van der Waals surface area contributed by atoms with Gasteiger partial charge in [-0.2, -0.15) is 0 Å². The van der Waals surface area contributed by atoms with Crippen LogP contribution in [-0.2, 0) is 0 Å². The lowest BCUT2D eigenvalue weighted by Gasteiger charge is -2.29. The highest BCUT2D eigenvalue weighted by Crippen LogP contribution is 2.34. The van der Waals surface area contributed by atoms with Gasteiger partial charge in [-0.3, -0.25) is 0 Å². The highest BCUT2D eigenvalue weighted by molar-refractivity contribution is 6.32. The predicted octanol–water partition coefficient (Wildman–Crippen LogP) is 2.83. The maximum atomic E-state index is 9.20. The van der Waals surface area contributed by atoms with Crippen molar-refractivity contribution >= 4 is 35.6 Å². The van der Waals surface area contributed by atoms with Crippen LogP contribution in [0.25, 0.3) is 0 Å². The first kappa shape index (κ1) is 15.9. The van der Waals surface area contributed by atoms with E-state index in [2.05, 4.69) is 4.98 Å². The van der Waals surface area contributed by atoms with Crippen molar-refractivity contribution in [2.24, 2.45) is 11.1 Å². The van der Waals surface area contributed by atoms with E-state index in [1.54, 1.807) is 12.1 Å². The number of aliphatic hydroxyl groups is 1. The normalized spacial score (nSPS) is 13.1. The number of nitrogens with two attached hydrogens (primary N) is 1. The first-order valence-electron chi connectivity index (χ1n) is 4.57. The van der Waals surface area contributed by atoms with Crippen LogP contribution in [0.3, 0.4) is 0 Å². The van der Waals surface area contributed by atoms with E-state index in [9.17, 15) is 5.11 Å². The van der Waals surface area contributed by atoms with Gasteiger partial charge in [0.25, 0.3) is 0 Å². The zero-order valence-corrected chi connectivity index (χ0v) is 11.4. The zero-order chi connectivity index (χ0) is 11.6. The van der Waals surface area contributed by atoms with Gasteiger partial charge in [0.1, 0.15) is 10.3 Å². The molecule has 0 spiro atoms. The van der Waals surface area contributed by atoms with Crippen LogP contribution in [0, 0.1) is 5.41 Å². The lowest BCUT2D eigenvalue weighted by Crippen LogP contribution is -2.32. The molecular weight excluding hydrogens is 270 g/mol. The van der Waals surface area contributed by atoms with Gasteiger partial charge in [0, 0.05) is 23.6 Å². The van der Waals surface area contributed by atoms with E-state index < -0.39 is 5.41 Å². The predicted molar refractivity (Wildman–Crippen MR) is 69.3 cm³/mol. The first-order valence-corrected chi connectivity index (χ1v) is 5.32. The molecule has 3 nitrogen and oxygen atoms in total. The van der Waals surface area contributed by atoms with Gasteiger partial charge >= 0.3 is 0 Å². The van der Waals surface area contributed by atoms with Gasteiger partial charge in [0.05, 0.1) is 0 Å². The van der Waals surface area contributed by atoms with Gasteiger partial charge in [-0.05, 0) is 6.07 Å². The largest absolute Gasteiger partial charge is 0.396 e. The molecule has 0 saturated carbocycles. The summed E-state index contributed by atoms with van der Waals surface area (Å²) in [5, 5.41) is 9.82. The summed E-state index contributed by atoms with van der Waals surface area (Å²) in [6.07, 6.45) is 0. The van der Waals surface area contributed by atoms with E-state index in [0.29, 0.717) is 10.7 Å². The lowest BCUT2D eigenvalue weighted by molar-refractivity contribution is 0.132. The summed E-state index contributed by atoms with van der Waals surface area (Å²) in [6, 6.07) is 3.00. The van der Waals surface area contributed by atoms with Crippen molar-refractivity contribution in [3.05, 3.63) is 28.0 Å². The molecule has 3 N–H and O–H groups in total. The van der Waals surface area contributed by atoms with Crippen molar-refractivity contribution in [3.8, 4) is 0 Å². The Morgan fingerprint density at radius 3 is 2.44 bits per heavy atom. The first-order chi connectivity index (χ1) is 6.88. The molecule has 1 atom stereocenters. The average Bonchev–Trinajstić information content (AvgIpc) is 2.17. The number of hydrogen-bond acceptors (Lipinski definition) is 3. The van der Waals surface area contributed by atoms with Crippen LogP contribution in [0.2, 0.25) is 10.3 Å². The molecule has 0 aliphatic heterocycles. The average molecular weight is 286 g/mol. The van der Waals surface area contributed by atoms with Crippen molar-refractivity contribution in [2.45, 2.75) is 19.9 Å². The minimum absolute atomic E-state index is 0. The van der Waals surface area contributed by atoms with Crippen molar-refractivity contribution in [1.82, 2.24) is 4.98 Å². The Balaban J connectivity index is 0.00000225. The summed E-state index contributed by atoms with van der Waals surface area (Å²) < 4.78 is 0. The summed E-state index contributed by atoms with van der Waals surface area (Å²) in [4.78, 5) is 3.91. The van der Waals surface area contributed by atoms with E-state index in [1.165, 1.54) is 0 Å². The number of aliphatic hydroxyl groups excluding tert-OH is 1. The van der Waals surface area contributed by atoms with Gasteiger partial charge in [-0.25, -0.2) is 4.98 Å². The van der Waals surface area contributed by atoms with Crippen LogP contribution < -0.4 is 5.73 Å². The number of rotatable bonds is 3. The Bertz CT molecular complexity index is 358. The van der Waals surface area contributed by atoms with Crippen molar-refractivity contribution in [1.29, 1.82) is 0 Å². The minimum Gasteiger partial charge on any atom is -0.396 e. The number of pyridine rings is 1. The summed E-state index contributed by atoms with van der Waals surface area (Å²) in [5.74, 6) is 0. The molecule has 0 aromatic carbocycles. The molecule has 0 bridgehead atoms. The number of hydrogen-bond donors (Lipinski definition) is 2. The molecule has 16 heavy (non-hydrogen) atoms. The second-order valence-corrected chi connectivity index (χ2v) is 4.88. The quantitative estimate of drug-likeness (QED) is 0.840. The standard InChI is InChI=1S/C10H14Cl2N2O.ClH/c1-10(2,5-15)8(13)6-3-4-7(11)14-9(6)12;/h3-4,8,15H,5,13H2,1-2H3;1H/t8-;/m1./s1. The summed E-state index contributed by atoms with van der Waals surface area (Å²) in [7, 11) is 0. The fraction of sp³-hybridized carbons (Fsp3) is 0.500. The third-order valence-electron chi connectivity index (χ3n) is 2.43. The van der Waals surface area contributed by atoms with Crippen molar-refractivity contribution in [2.75, 3.05) is 6.61 Å². The smallest absolute Gasteiger partial charge is 0.135 e. The Morgan fingerprint density at radius 1 is 1.44 bits per heavy atom. The highest BCUT2D eigenvalue weighted by Gasteiger charge is 2.28. The molecule has 1 heterocycles. The van der Waals surface area contributed by atoms with E-state index >= 15 is 0 Å².